The molecule has 100 valence electrons. The Morgan fingerprint density at radius 3 is 2.45 bits per heavy atom. The zero-order valence-electron chi connectivity index (χ0n) is 10.4. The second kappa shape index (κ2) is 5.19. The van der Waals surface area contributed by atoms with Crippen LogP contribution in [0.25, 0.3) is 10.9 Å². The maximum Gasteiger partial charge on any atom is 0.0957 e. The van der Waals surface area contributed by atoms with E-state index in [9.17, 15) is 0 Å². The first-order valence-corrected chi connectivity index (χ1v) is 6.76. The van der Waals surface area contributed by atoms with Crippen LogP contribution >= 0.6 is 23.2 Å². The van der Waals surface area contributed by atoms with Crippen LogP contribution in [0.5, 0.6) is 0 Å². The van der Waals surface area contributed by atoms with Crippen molar-refractivity contribution >= 4 is 51.2 Å². The van der Waals surface area contributed by atoms with Crippen molar-refractivity contribution in [2.75, 3.05) is 11.1 Å². The quantitative estimate of drug-likeness (QED) is 0.664. The molecule has 0 bridgehead atoms. The molecule has 3 rings (SSSR count). The highest BCUT2D eigenvalue weighted by molar-refractivity contribution is 6.39. The van der Waals surface area contributed by atoms with E-state index in [1.54, 1.807) is 24.4 Å². The Bertz CT molecular complexity index is 767. The van der Waals surface area contributed by atoms with Crippen molar-refractivity contribution in [3.63, 3.8) is 0 Å². The fourth-order valence-corrected chi connectivity index (χ4v) is 2.54. The van der Waals surface area contributed by atoms with Crippen LogP contribution < -0.4 is 11.1 Å². The Kier molecular flexibility index (Phi) is 3.38. The predicted molar refractivity (Wildman–Crippen MR) is 85.9 cm³/mol. The molecule has 0 spiro atoms. The third-order valence-electron chi connectivity index (χ3n) is 3.03. The molecule has 0 aliphatic carbocycles. The molecule has 0 radical (unpaired) electrons. The van der Waals surface area contributed by atoms with Crippen molar-refractivity contribution in [2.45, 2.75) is 0 Å². The van der Waals surface area contributed by atoms with Gasteiger partial charge in [-0.2, -0.15) is 0 Å². The van der Waals surface area contributed by atoms with Crippen molar-refractivity contribution in [1.82, 2.24) is 4.98 Å². The molecule has 0 atom stereocenters. The lowest BCUT2D eigenvalue weighted by molar-refractivity contribution is 1.40. The highest BCUT2D eigenvalue weighted by atomic mass is 35.5. The van der Waals surface area contributed by atoms with Crippen molar-refractivity contribution in [3.8, 4) is 0 Å². The molecule has 5 heteroatoms. The van der Waals surface area contributed by atoms with Gasteiger partial charge in [-0.25, -0.2) is 0 Å². The van der Waals surface area contributed by atoms with E-state index in [1.165, 1.54) is 0 Å². The summed E-state index contributed by atoms with van der Waals surface area (Å²) < 4.78 is 0. The summed E-state index contributed by atoms with van der Waals surface area (Å²) >= 11 is 12.3. The summed E-state index contributed by atoms with van der Waals surface area (Å²) in [7, 11) is 0. The summed E-state index contributed by atoms with van der Waals surface area (Å²) in [6.07, 6.45) is 1.72. The standard InChI is InChI=1S/C15H11Cl2N3/c16-10-4-1-5-11(17)15(10)20-13-7-6-12(18)9-3-2-8-19-14(9)13/h1-8,20H,18H2. The molecule has 0 unspecified atom stereocenters. The third-order valence-corrected chi connectivity index (χ3v) is 3.66. The second-order valence-corrected chi connectivity index (χ2v) is 5.14. The maximum absolute atomic E-state index is 6.17. The topological polar surface area (TPSA) is 50.9 Å². The van der Waals surface area contributed by atoms with Crippen LogP contribution in [0.3, 0.4) is 0 Å². The molecule has 3 nitrogen and oxygen atoms in total. The molecule has 0 amide bonds. The number of para-hydroxylation sites is 1. The van der Waals surface area contributed by atoms with Gasteiger partial charge in [0, 0.05) is 17.3 Å². The molecule has 0 saturated carbocycles. The van der Waals surface area contributed by atoms with Gasteiger partial charge in [0.05, 0.1) is 26.9 Å². The van der Waals surface area contributed by atoms with Crippen molar-refractivity contribution in [2.24, 2.45) is 0 Å². The van der Waals surface area contributed by atoms with Crippen LogP contribution in [-0.4, -0.2) is 4.98 Å². The Labute approximate surface area is 126 Å². The number of nitrogen functional groups attached to an aromatic ring is 1. The average Bonchev–Trinajstić information content (AvgIpc) is 2.46. The zero-order chi connectivity index (χ0) is 14.1. The van der Waals surface area contributed by atoms with Crippen LogP contribution in [0.15, 0.2) is 48.7 Å². The number of rotatable bonds is 2. The SMILES string of the molecule is Nc1ccc(Nc2c(Cl)cccc2Cl)c2ncccc12. The summed E-state index contributed by atoms with van der Waals surface area (Å²) in [4.78, 5) is 4.37. The number of aromatic nitrogens is 1. The van der Waals surface area contributed by atoms with Gasteiger partial charge in [-0.3, -0.25) is 4.98 Å². The molecule has 3 aromatic rings. The summed E-state index contributed by atoms with van der Waals surface area (Å²) in [5.41, 5.74) is 8.89. The summed E-state index contributed by atoms with van der Waals surface area (Å²) in [6, 6.07) is 12.8. The number of pyridine rings is 1. The molecule has 0 fully saturated rings. The molecule has 0 aliphatic rings. The lowest BCUT2D eigenvalue weighted by atomic mass is 10.1. The fourth-order valence-electron chi connectivity index (χ4n) is 2.05. The van der Waals surface area contributed by atoms with Gasteiger partial charge in [0.15, 0.2) is 0 Å². The second-order valence-electron chi connectivity index (χ2n) is 4.32. The smallest absolute Gasteiger partial charge is 0.0957 e. The number of nitrogens with zero attached hydrogens (tertiary/aromatic N) is 1. The van der Waals surface area contributed by atoms with Crippen LogP contribution in [0.4, 0.5) is 17.1 Å². The first kappa shape index (κ1) is 13.0. The summed E-state index contributed by atoms with van der Waals surface area (Å²) in [5, 5.41) is 5.23. The monoisotopic (exact) mass is 303 g/mol. The normalized spacial score (nSPS) is 10.7. The van der Waals surface area contributed by atoms with E-state index in [0.29, 0.717) is 21.4 Å². The third kappa shape index (κ3) is 2.26. The average molecular weight is 304 g/mol. The highest BCUT2D eigenvalue weighted by Crippen LogP contribution is 2.35. The van der Waals surface area contributed by atoms with Gasteiger partial charge in [0.2, 0.25) is 0 Å². The van der Waals surface area contributed by atoms with Crippen LogP contribution in [0, 0.1) is 0 Å². The number of halogens is 2. The molecule has 20 heavy (non-hydrogen) atoms. The Balaban J connectivity index is 2.14. The van der Waals surface area contributed by atoms with E-state index < -0.39 is 0 Å². The van der Waals surface area contributed by atoms with E-state index in [2.05, 4.69) is 10.3 Å². The maximum atomic E-state index is 6.17. The van der Waals surface area contributed by atoms with E-state index >= 15 is 0 Å². The van der Waals surface area contributed by atoms with Crippen LogP contribution in [0.2, 0.25) is 10.0 Å². The van der Waals surface area contributed by atoms with Crippen LogP contribution in [-0.2, 0) is 0 Å². The van der Waals surface area contributed by atoms with Gasteiger partial charge in [-0.05, 0) is 36.4 Å². The first-order valence-electron chi connectivity index (χ1n) is 6.01. The predicted octanol–water partition coefficient (Wildman–Crippen LogP) is 4.87. The number of benzene rings is 2. The molecular weight excluding hydrogens is 293 g/mol. The van der Waals surface area contributed by atoms with Gasteiger partial charge in [-0.1, -0.05) is 29.3 Å². The Morgan fingerprint density at radius 2 is 1.70 bits per heavy atom. The molecular formula is C15H11Cl2N3. The van der Waals surface area contributed by atoms with Crippen LogP contribution in [0.1, 0.15) is 0 Å². The minimum absolute atomic E-state index is 0.554. The number of hydrogen-bond donors (Lipinski definition) is 2. The summed E-state index contributed by atoms with van der Waals surface area (Å²) in [6.45, 7) is 0. The number of nitrogens with one attached hydrogen (secondary N) is 1. The molecule has 2 aromatic carbocycles. The van der Waals surface area contributed by atoms with E-state index in [-0.39, 0.29) is 0 Å². The number of fused-ring (bicyclic) bond motifs is 1. The van der Waals surface area contributed by atoms with Crippen molar-refractivity contribution in [1.29, 1.82) is 0 Å². The lowest BCUT2D eigenvalue weighted by Gasteiger charge is -2.13. The van der Waals surface area contributed by atoms with Gasteiger partial charge < -0.3 is 11.1 Å². The van der Waals surface area contributed by atoms with Crippen molar-refractivity contribution in [3.05, 3.63) is 58.7 Å². The van der Waals surface area contributed by atoms with Gasteiger partial charge in [-0.15, -0.1) is 0 Å². The molecule has 1 heterocycles. The fraction of sp³-hybridized carbons (Fsp3) is 0. The molecule has 3 N–H and O–H groups in total. The molecule has 1 aromatic heterocycles. The van der Waals surface area contributed by atoms with E-state index in [4.69, 9.17) is 28.9 Å². The number of hydrogen-bond acceptors (Lipinski definition) is 3. The van der Waals surface area contributed by atoms with Gasteiger partial charge >= 0.3 is 0 Å². The van der Waals surface area contributed by atoms with E-state index in [1.807, 2.05) is 24.3 Å². The molecule has 0 aliphatic heterocycles. The first-order chi connectivity index (χ1) is 9.66. The van der Waals surface area contributed by atoms with E-state index in [0.717, 1.165) is 16.6 Å². The zero-order valence-corrected chi connectivity index (χ0v) is 11.9. The minimum Gasteiger partial charge on any atom is -0.398 e. The largest absolute Gasteiger partial charge is 0.398 e. The summed E-state index contributed by atoms with van der Waals surface area (Å²) in [5.74, 6) is 0. The highest BCUT2D eigenvalue weighted by Gasteiger charge is 2.09. The van der Waals surface area contributed by atoms with Crippen molar-refractivity contribution < 1.29 is 0 Å². The Morgan fingerprint density at radius 1 is 0.950 bits per heavy atom. The van der Waals surface area contributed by atoms with Gasteiger partial charge in [0.1, 0.15) is 0 Å². The van der Waals surface area contributed by atoms with Gasteiger partial charge in [0.25, 0.3) is 0 Å². The number of nitrogens with two attached hydrogens (primary N) is 1. The Hall–Kier alpha value is -1.97. The lowest BCUT2D eigenvalue weighted by Crippen LogP contribution is -1.96. The number of anilines is 3. The minimum atomic E-state index is 0.554. The molecule has 0 saturated heterocycles.